The van der Waals surface area contributed by atoms with E-state index in [0.29, 0.717) is 0 Å². The largest absolute Gasteiger partial charge is 3.00 e. The van der Waals surface area contributed by atoms with Crippen molar-refractivity contribution in [2.75, 3.05) is 0 Å². The Kier molecular flexibility index (Phi) is 123. The maximum Gasteiger partial charge on any atom is 3.00 e. The zero-order chi connectivity index (χ0) is 7.15. The Balaban J connectivity index is -0.00000000800. The van der Waals surface area contributed by atoms with Gasteiger partial charge in [0.25, 0.3) is 0 Å². The molecule has 0 atom stereocenters. The molecule has 0 radical (unpaired) electrons. The van der Waals surface area contributed by atoms with Crippen molar-refractivity contribution in [3.8, 4) is 0 Å². The maximum atomic E-state index is 7.23. The van der Waals surface area contributed by atoms with Gasteiger partial charge in [0, 0.05) is 0 Å². The van der Waals surface area contributed by atoms with Crippen LogP contribution in [0.1, 0.15) is 0 Å². The van der Waals surface area contributed by atoms with Crippen molar-refractivity contribution in [2.45, 2.75) is 0 Å². The molecule has 13 heteroatoms. The summed E-state index contributed by atoms with van der Waals surface area (Å²) in [4.78, 5) is 43.4. The summed E-state index contributed by atoms with van der Waals surface area (Å²) in [5.41, 5.74) is 0. The fraction of sp³-hybridized carbons (Fsp3) is 0. The van der Waals surface area contributed by atoms with E-state index in [1.165, 1.54) is 0 Å². The minimum atomic E-state index is -2.62. The summed E-state index contributed by atoms with van der Waals surface area (Å²) < 4.78 is 0. The molecule has 0 unspecified atom stereocenters. The Morgan fingerprint density at radius 1 is 0.462 bits per heavy atom. The van der Waals surface area contributed by atoms with Gasteiger partial charge in [-0.1, -0.05) is 0 Å². The van der Waals surface area contributed by atoms with Crippen LogP contribution in [-0.4, -0.2) is 29.4 Å². The fourth-order valence-electron chi connectivity index (χ4n) is 0. The van der Waals surface area contributed by atoms with Crippen LogP contribution in [-0.2, 0) is 85.2 Å². The van der Waals surface area contributed by atoms with Gasteiger partial charge in [0.05, 0.1) is 0 Å². The first-order valence-electron chi connectivity index (χ1n) is 1.20. The zero-order valence-electron chi connectivity index (χ0n) is 5.41. The van der Waals surface area contributed by atoms with Gasteiger partial charge < -0.3 is 69.8 Å². The Morgan fingerprint density at radius 2 is 0.462 bits per heavy atom. The molecule has 0 fully saturated rings. The molecule has 0 saturated carbocycles. The van der Waals surface area contributed by atoms with E-state index < -0.39 is 17.2 Å². The fourth-order valence-corrected chi connectivity index (χ4v) is 0. The third-order valence-corrected chi connectivity index (χ3v) is 0. The van der Waals surface area contributed by atoms with Crippen molar-refractivity contribution in [2.24, 2.45) is 0 Å². The van der Waals surface area contributed by atoms with Crippen LogP contribution in [0.15, 0.2) is 0 Å². The number of hydrogen-bond donors (Lipinski definition) is 6. The minimum absolute atomic E-state index is 0. The first kappa shape index (κ1) is 44.3. The van der Waals surface area contributed by atoms with E-state index in [1.807, 2.05) is 0 Å². The molecule has 0 spiro atoms. The van der Waals surface area contributed by atoms with E-state index in [1.54, 1.807) is 0 Å². The zero-order valence-corrected chi connectivity index (χ0v) is 14.0. The molecule has 0 saturated heterocycles. The quantitative estimate of drug-likeness (QED) is 0.138. The van der Waals surface area contributed by atoms with E-state index in [-0.39, 0.29) is 85.2 Å². The van der Waals surface area contributed by atoms with E-state index in [9.17, 15) is 0 Å². The first-order valence-corrected chi connectivity index (χ1v) is 3.60. The van der Waals surface area contributed by atoms with Gasteiger partial charge in [0.1, 0.15) is 0 Å². The van der Waals surface area contributed by atoms with Crippen LogP contribution in [0, 0.1) is 0 Å². The summed E-state index contributed by atoms with van der Waals surface area (Å²) in [6, 6.07) is 0. The third kappa shape index (κ3) is 264. The topological polar surface area (TPSA) is 121 Å². The molecule has 0 aromatic carbocycles. The normalized spacial score (nSPS) is 5.54. The number of rotatable bonds is 0. The summed E-state index contributed by atoms with van der Waals surface area (Å²) in [6.45, 7) is 0. The van der Waals surface area contributed by atoms with E-state index in [2.05, 4.69) is 0 Å². The third-order valence-electron chi connectivity index (χ3n) is 0. The van der Waals surface area contributed by atoms with Crippen LogP contribution in [0.4, 0.5) is 0 Å². The van der Waals surface area contributed by atoms with Crippen LogP contribution in [0.25, 0.3) is 0 Å². The SMILES string of the molecule is OP(O)O.OP(O)O.[Au+3].[Au+3].[S-2].[S-2].[S-2]. The van der Waals surface area contributed by atoms with Crippen molar-refractivity contribution in [1.82, 2.24) is 0 Å². The molecule has 0 aliphatic carbocycles. The average molecular weight is 654 g/mol. The molecule has 0 heterocycles. The monoisotopic (exact) mass is 654 g/mol. The second-order valence-electron chi connectivity index (χ2n) is 0.537. The Labute approximate surface area is 131 Å². The minimum Gasteiger partial charge on any atom is -2.00 e. The molecular formula is H6Au2O6P2S3. The predicted octanol–water partition coefficient (Wildman–Crippen LogP) is -1.63. The Bertz CT molecular complexity index is 39.4. The Morgan fingerprint density at radius 3 is 0.462 bits per heavy atom. The van der Waals surface area contributed by atoms with Gasteiger partial charge in [-0.15, -0.1) is 0 Å². The van der Waals surface area contributed by atoms with Gasteiger partial charge in [0.2, 0.25) is 0 Å². The molecule has 0 aromatic heterocycles. The van der Waals surface area contributed by atoms with Crippen molar-refractivity contribution >= 4 is 57.7 Å². The summed E-state index contributed by atoms with van der Waals surface area (Å²) in [5.74, 6) is 0. The van der Waals surface area contributed by atoms with Crippen LogP contribution >= 0.6 is 17.2 Å². The molecule has 6 N–H and O–H groups in total. The predicted molar refractivity (Wildman–Crippen MR) is 49.2 cm³/mol. The van der Waals surface area contributed by atoms with Gasteiger partial charge in [-0.05, 0) is 0 Å². The smallest absolute Gasteiger partial charge is 2.00 e. The molecule has 92 valence electrons. The summed E-state index contributed by atoms with van der Waals surface area (Å²) in [6.07, 6.45) is 0. The van der Waals surface area contributed by atoms with Crippen molar-refractivity contribution in [3.05, 3.63) is 0 Å². The second-order valence-corrected chi connectivity index (χ2v) is 1.61. The summed E-state index contributed by atoms with van der Waals surface area (Å²) >= 11 is 0. The molecular weight excluding hydrogens is 648 g/mol. The maximum absolute atomic E-state index is 7.23. The van der Waals surface area contributed by atoms with E-state index in [4.69, 9.17) is 29.4 Å². The van der Waals surface area contributed by atoms with E-state index >= 15 is 0 Å². The molecule has 0 amide bonds. The molecule has 0 aromatic rings. The van der Waals surface area contributed by atoms with Crippen LogP contribution in [0.5, 0.6) is 0 Å². The van der Waals surface area contributed by atoms with Gasteiger partial charge in [-0.3, -0.25) is 0 Å². The molecule has 13 heavy (non-hydrogen) atoms. The Hall–Kier alpha value is 3.15. The van der Waals surface area contributed by atoms with Crippen LogP contribution in [0.3, 0.4) is 0 Å². The van der Waals surface area contributed by atoms with Gasteiger partial charge in [-0.2, -0.15) is 0 Å². The molecule has 6 nitrogen and oxygen atoms in total. The second kappa shape index (κ2) is 36.2. The van der Waals surface area contributed by atoms with Crippen molar-refractivity contribution < 1.29 is 74.1 Å². The van der Waals surface area contributed by atoms with Crippen LogP contribution in [0.2, 0.25) is 0 Å². The van der Waals surface area contributed by atoms with Crippen molar-refractivity contribution in [1.29, 1.82) is 0 Å². The van der Waals surface area contributed by atoms with Crippen LogP contribution < -0.4 is 0 Å². The summed E-state index contributed by atoms with van der Waals surface area (Å²) in [5, 5.41) is 0. The number of hydrogen-bond acceptors (Lipinski definition) is 6. The van der Waals surface area contributed by atoms with E-state index in [0.717, 1.165) is 0 Å². The molecule has 0 aliphatic rings. The standard InChI is InChI=1S/2Au.2H3O3P.3S/c;;2*1-4(2)3;;;/h;;2*1-3H;;;/q2*+3;;;3*-2. The van der Waals surface area contributed by atoms with Gasteiger partial charge >= 0.3 is 62.0 Å². The van der Waals surface area contributed by atoms with Crippen molar-refractivity contribution in [3.63, 3.8) is 0 Å². The summed E-state index contributed by atoms with van der Waals surface area (Å²) in [7, 11) is -5.24. The molecule has 0 aliphatic heterocycles. The molecule has 0 bridgehead atoms. The average Bonchev–Trinajstić information content (AvgIpc) is 1.25. The first-order chi connectivity index (χ1) is 3.46. The van der Waals surface area contributed by atoms with Gasteiger partial charge in [-0.25, -0.2) is 0 Å². The van der Waals surface area contributed by atoms with Gasteiger partial charge in [0.15, 0.2) is 0 Å². The molecule has 0 rings (SSSR count).